The molecule has 0 radical (unpaired) electrons. The maximum Gasteiger partial charge on any atom is 0.243 e. The number of piperazine rings is 1. The third-order valence-corrected chi connectivity index (χ3v) is 9.22. The van der Waals surface area contributed by atoms with Crippen LogP contribution < -0.4 is 4.90 Å². The van der Waals surface area contributed by atoms with Crippen molar-refractivity contribution in [3.8, 4) is 11.4 Å². The second kappa shape index (κ2) is 10.2. The molecule has 2 aliphatic heterocycles. The Morgan fingerprint density at radius 3 is 2.35 bits per heavy atom. The number of carbonyl (C=O) groups excluding carboxylic acids is 1. The highest BCUT2D eigenvalue weighted by Gasteiger charge is 2.35. The van der Waals surface area contributed by atoms with Gasteiger partial charge in [0.2, 0.25) is 27.6 Å². The van der Waals surface area contributed by atoms with Gasteiger partial charge in [-0.05, 0) is 43.5 Å². The van der Waals surface area contributed by atoms with E-state index in [2.05, 4.69) is 10.1 Å². The molecule has 0 bridgehead atoms. The molecule has 3 heterocycles. The van der Waals surface area contributed by atoms with Gasteiger partial charge in [0, 0.05) is 57.7 Å². The number of sulfonamides is 1. The monoisotopic (exact) mass is 527 g/mol. The lowest BCUT2D eigenvalue weighted by atomic mass is 9.96. The summed E-state index contributed by atoms with van der Waals surface area (Å²) < 4.78 is 47.6. The van der Waals surface area contributed by atoms with E-state index in [0.29, 0.717) is 67.6 Å². The molecule has 1 aromatic heterocycles. The molecule has 0 aliphatic carbocycles. The first kappa shape index (κ1) is 25.3. The smallest absolute Gasteiger partial charge is 0.243 e. The molecule has 1 amide bonds. The molecular weight excluding hydrogens is 497 g/mol. The van der Waals surface area contributed by atoms with Crippen LogP contribution in [0.15, 0.2) is 51.9 Å². The number of aryl methyl sites for hydroxylation is 2. The molecule has 3 aromatic rings. The summed E-state index contributed by atoms with van der Waals surface area (Å²) in [5.41, 5.74) is 1.76. The van der Waals surface area contributed by atoms with E-state index in [0.717, 1.165) is 0 Å². The number of amides is 1. The highest BCUT2D eigenvalue weighted by molar-refractivity contribution is 7.89. The van der Waals surface area contributed by atoms with Crippen molar-refractivity contribution in [2.45, 2.75) is 31.6 Å². The van der Waals surface area contributed by atoms with E-state index in [9.17, 15) is 17.6 Å². The zero-order valence-electron chi connectivity index (χ0n) is 20.9. The SMILES string of the molecule is Cc1nc(-c2ccc(C)c(S(=O)(=O)N3CCC(C(=O)N4CCN(c5ccccc5F)CC4)CC3)c2)no1. The molecular formula is C26H30FN5O4S. The van der Waals surface area contributed by atoms with Gasteiger partial charge in [-0.3, -0.25) is 4.79 Å². The van der Waals surface area contributed by atoms with Crippen molar-refractivity contribution in [2.75, 3.05) is 44.2 Å². The summed E-state index contributed by atoms with van der Waals surface area (Å²) in [5.74, 6) is 0.315. The lowest BCUT2D eigenvalue weighted by Gasteiger charge is -2.39. The standard InChI is InChI=1S/C26H30FN5O4S/c1-18-7-8-21(25-28-19(2)36-29-25)17-24(18)37(34,35)32-11-9-20(10-12-32)26(33)31-15-13-30(14-16-31)23-6-4-3-5-22(23)27/h3-8,17,20H,9-16H2,1-2H3. The molecule has 37 heavy (non-hydrogen) atoms. The summed E-state index contributed by atoms with van der Waals surface area (Å²) >= 11 is 0. The number of halogens is 1. The zero-order chi connectivity index (χ0) is 26.2. The van der Waals surface area contributed by atoms with Crippen LogP contribution in [0.2, 0.25) is 0 Å². The number of anilines is 1. The number of piperidine rings is 1. The van der Waals surface area contributed by atoms with Crippen LogP contribution in [0.4, 0.5) is 10.1 Å². The van der Waals surface area contributed by atoms with Gasteiger partial charge in [0.25, 0.3) is 0 Å². The summed E-state index contributed by atoms with van der Waals surface area (Å²) in [6.45, 7) is 6.16. The predicted octanol–water partition coefficient (Wildman–Crippen LogP) is 3.24. The van der Waals surface area contributed by atoms with E-state index < -0.39 is 10.0 Å². The van der Waals surface area contributed by atoms with E-state index in [1.54, 1.807) is 44.2 Å². The van der Waals surface area contributed by atoms with Crippen molar-refractivity contribution >= 4 is 21.6 Å². The zero-order valence-corrected chi connectivity index (χ0v) is 21.7. The maximum absolute atomic E-state index is 14.1. The Kier molecular flexibility index (Phi) is 7.00. The van der Waals surface area contributed by atoms with Crippen LogP contribution in [0.3, 0.4) is 0 Å². The molecule has 2 aromatic carbocycles. The number of para-hydroxylation sites is 1. The fraction of sp³-hybridized carbons (Fsp3) is 0.423. The fourth-order valence-corrected chi connectivity index (χ4v) is 6.77. The van der Waals surface area contributed by atoms with Crippen molar-refractivity contribution in [3.63, 3.8) is 0 Å². The minimum atomic E-state index is -3.75. The molecule has 2 aliphatic rings. The Labute approximate surface area is 215 Å². The van der Waals surface area contributed by atoms with Crippen LogP contribution in [0, 0.1) is 25.6 Å². The van der Waals surface area contributed by atoms with Crippen LogP contribution >= 0.6 is 0 Å². The summed E-state index contributed by atoms with van der Waals surface area (Å²) in [6.07, 6.45) is 0.933. The van der Waals surface area contributed by atoms with Gasteiger partial charge >= 0.3 is 0 Å². The quantitative estimate of drug-likeness (QED) is 0.502. The van der Waals surface area contributed by atoms with Crippen molar-refractivity contribution < 1.29 is 22.1 Å². The normalized spacial score (nSPS) is 17.8. The summed E-state index contributed by atoms with van der Waals surface area (Å²) in [4.78, 5) is 21.4. The molecule has 0 atom stereocenters. The highest BCUT2D eigenvalue weighted by atomic mass is 32.2. The average molecular weight is 528 g/mol. The lowest BCUT2D eigenvalue weighted by molar-refractivity contribution is -0.137. The molecule has 0 saturated carbocycles. The first-order valence-electron chi connectivity index (χ1n) is 12.4. The second-order valence-electron chi connectivity index (χ2n) is 9.56. The molecule has 0 spiro atoms. The van der Waals surface area contributed by atoms with Crippen molar-refractivity contribution in [1.82, 2.24) is 19.3 Å². The third kappa shape index (κ3) is 5.10. The van der Waals surface area contributed by atoms with Crippen LogP contribution in [0.5, 0.6) is 0 Å². The number of carbonyl (C=O) groups is 1. The first-order chi connectivity index (χ1) is 17.7. The molecule has 9 nitrogen and oxygen atoms in total. The minimum absolute atomic E-state index is 0.0517. The van der Waals surface area contributed by atoms with Gasteiger partial charge in [-0.15, -0.1) is 0 Å². The van der Waals surface area contributed by atoms with Crippen molar-refractivity contribution in [3.05, 3.63) is 59.7 Å². The Morgan fingerprint density at radius 1 is 1.00 bits per heavy atom. The first-order valence-corrected chi connectivity index (χ1v) is 13.9. The minimum Gasteiger partial charge on any atom is -0.366 e. The second-order valence-corrected chi connectivity index (χ2v) is 11.5. The van der Waals surface area contributed by atoms with Gasteiger partial charge in [0.05, 0.1) is 10.6 Å². The molecule has 5 rings (SSSR count). The van der Waals surface area contributed by atoms with Crippen molar-refractivity contribution in [1.29, 1.82) is 0 Å². The lowest BCUT2D eigenvalue weighted by Crippen LogP contribution is -2.52. The number of nitrogens with zero attached hydrogens (tertiary/aromatic N) is 5. The van der Waals surface area contributed by atoms with E-state index in [4.69, 9.17) is 4.52 Å². The van der Waals surface area contributed by atoms with Gasteiger partial charge < -0.3 is 14.3 Å². The van der Waals surface area contributed by atoms with Crippen LogP contribution in [0.1, 0.15) is 24.3 Å². The molecule has 2 fully saturated rings. The number of hydrogen-bond donors (Lipinski definition) is 0. The predicted molar refractivity (Wildman–Crippen MR) is 136 cm³/mol. The number of benzene rings is 2. The fourth-order valence-electron chi connectivity index (χ4n) is 5.05. The molecule has 2 saturated heterocycles. The number of hydrogen-bond acceptors (Lipinski definition) is 7. The molecule has 0 N–H and O–H groups in total. The van der Waals surface area contributed by atoms with Gasteiger partial charge in [0.15, 0.2) is 0 Å². The Bertz CT molecular complexity index is 1390. The van der Waals surface area contributed by atoms with Gasteiger partial charge in [-0.2, -0.15) is 9.29 Å². The Hall–Kier alpha value is -3.31. The van der Waals surface area contributed by atoms with Crippen LogP contribution in [-0.2, 0) is 14.8 Å². The van der Waals surface area contributed by atoms with Crippen LogP contribution in [-0.4, -0.2) is 72.9 Å². The number of aromatic nitrogens is 2. The maximum atomic E-state index is 14.1. The van der Waals surface area contributed by atoms with E-state index in [-0.39, 0.29) is 35.6 Å². The van der Waals surface area contributed by atoms with E-state index in [1.165, 1.54) is 10.4 Å². The largest absolute Gasteiger partial charge is 0.366 e. The number of rotatable bonds is 5. The van der Waals surface area contributed by atoms with Crippen LogP contribution in [0.25, 0.3) is 11.4 Å². The molecule has 196 valence electrons. The van der Waals surface area contributed by atoms with E-state index in [1.807, 2.05) is 15.9 Å². The summed E-state index contributed by atoms with van der Waals surface area (Å²) in [5, 5.41) is 3.89. The topological polar surface area (TPSA) is 99.8 Å². The highest BCUT2D eigenvalue weighted by Crippen LogP contribution is 2.30. The molecule has 0 unspecified atom stereocenters. The Balaban J connectivity index is 1.21. The van der Waals surface area contributed by atoms with Gasteiger partial charge in [-0.25, -0.2) is 12.8 Å². The van der Waals surface area contributed by atoms with E-state index >= 15 is 0 Å². The average Bonchev–Trinajstić information content (AvgIpc) is 3.35. The van der Waals surface area contributed by atoms with Gasteiger partial charge in [0.1, 0.15) is 5.82 Å². The van der Waals surface area contributed by atoms with Crippen molar-refractivity contribution in [2.24, 2.45) is 5.92 Å². The van der Waals surface area contributed by atoms with Gasteiger partial charge in [-0.1, -0.05) is 29.4 Å². The Morgan fingerprint density at radius 2 is 1.70 bits per heavy atom. The summed E-state index contributed by atoms with van der Waals surface area (Å²) in [6, 6.07) is 11.8. The molecule has 11 heteroatoms. The summed E-state index contributed by atoms with van der Waals surface area (Å²) in [7, 11) is -3.75. The third-order valence-electron chi connectivity index (χ3n) is 7.18.